The highest BCUT2D eigenvalue weighted by atomic mass is 16.5. The Morgan fingerprint density at radius 1 is 1.32 bits per heavy atom. The summed E-state index contributed by atoms with van der Waals surface area (Å²) >= 11 is 0. The Hall–Kier alpha value is -2.48. The van der Waals surface area contributed by atoms with E-state index in [9.17, 15) is 4.79 Å². The summed E-state index contributed by atoms with van der Waals surface area (Å²) in [5, 5.41) is 10.4. The van der Waals surface area contributed by atoms with Crippen LogP contribution in [0.2, 0.25) is 0 Å². The van der Waals surface area contributed by atoms with Crippen LogP contribution in [0.25, 0.3) is 0 Å². The van der Waals surface area contributed by atoms with Crippen LogP contribution in [0.5, 0.6) is 0 Å². The van der Waals surface area contributed by atoms with Crippen molar-refractivity contribution in [3.05, 3.63) is 30.2 Å². The molecular formula is C14H18N6O2. The van der Waals surface area contributed by atoms with Crippen molar-refractivity contribution < 1.29 is 9.53 Å². The Bertz CT molecular complexity index is 633. The highest BCUT2D eigenvalue weighted by Crippen LogP contribution is 2.15. The second-order valence-electron chi connectivity index (χ2n) is 5.09. The molecule has 1 fully saturated rings. The van der Waals surface area contributed by atoms with Crippen LogP contribution in [0.3, 0.4) is 0 Å². The van der Waals surface area contributed by atoms with Crippen LogP contribution in [0, 0.1) is 6.92 Å². The average Bonchev–Trinajstić information content (AvgIpc) is 2.94. The standard InChI is InChI=1S/C14H18N6O2/c1-11-8-16-18-20(11)10-14(21)17-12-2-3-13(15-9-12)19-4-6-22-7-5-19/h2-3,8-9H,4-7,10H2,1H3,(H,17,21). The molecular weight excluding hydrogens is 284 g/mol. The van der Waals surface area contributed by atoms with E-state index in [2.05, 4.69) is 25.5 Å². The molecule has 0 radical (unpaired) electrons. The number of nitrogens with one attached hydrogen (secondary N) is 1. The van der Waals surface area contributed by atoms with E-state index >= 15 is 0 Å². The molecule has 22 heavy (non-hydrogen) atoms. The van der Waals surface area contributed by atoms with Gasteiger partial charge in [-0.25, -0.2) is 9.67 Å². The number of aromatic nitrogens is 4. The number of nitrogens with zero attached hydrogens (tertiary/aromatic N) is 5. The van der Waals surface area contributed by atoms with Crippen LogP contribution in [-0.2, 0) is 16.1 Å². The van der Waals surface area contributed by atoms with E-state index in [0.717, 1.165) is 37.8 Å². The zero-order chi connectivity index (χ0) is 15.4. The van der Waals surface area contributed by atoms with Crippen molar-refractivity contribution in [2.75, 3.05) is 36.5 Å². The molecule has 8 heteroatoms. The third-order valence-electron chi connectivity index (χ3n) is 3.47. The van der Waals surface area contributed by atoms with Crippen LogP contribution in [-0.4, -0.2) is 52.2 Å². The minimum atomic E-state index is -0.158. The number of pyridine rings is 1. The molecule has 2 aromatic heterocycles. The lowest BCUT2D eigenvalue weighted by atomic mass is 10.3. The van der Waals surface area contributed by atoms with Crippen LogP contribution in [0.15, 0.2) is 24.5 Å². The number of morpholine rings is 1. The number of carbonyl (C=O) groups excluding carboxylic acids is 1. The average molecular weight is 302 g/mol. The van der Waals surface area contributed by atoms with Crippen LogP contribution >= 0.6 is 0 Å². The largest absolute Gasteiger partial charge is 0.378 e. The first-order valence-corrected chi connectivity index (χ1v) is 7.16. The lowest BCUT2D eigenvalue weighted by Crippen LogP contribution is -2.36. The van der Waals surface area contributed by atoms with Gasteiger partial charge in [-0.15, -0.1) is 5.10 Å². The molecule has 1 amide bonds. The molecule has 0 atom stereocenters. The Labute approximate surface area is 128 Å². The zero-order valence-corrected chi connectivity index (χ0v) is 12.4. The maximum Gasteiger partial charge on any atom is 0.246 e. The van der Waals surface area contributed by atoms with E-state index in [1.54, 1.807) is 17.1 Å². The van der Waals surface area contributed by atoms with Gasteiger partial charge in [0.15, 0.2) is 0 Å². The van der Waals surface area contributed by atoms with E-state index in [1.165, 1.54) is 0 Å². The summed E-state index contributed by atoms with van der Waals surface area (Å²) in [6, 6.07) is 3.76. The topological polar surface area (TPSA) is 85.2 Å². The van der Waals surface area contributed by atoms with E-state index in [1.807, 2.05) is 19.1 Å². The second kappa shape index (κ2) is 6.52. The number of anilines is 2. The van der Waals surface area contributed by atoms with E-state index in [4.69, 9.17) is 4.74 Å². The smallest absolute Gasteiger partial charge is 0.246 e. The Morgan fingerprint density at radius 2 is 2.14 bits per heavy atom. The van der Waals surface area contributed by atoms with E-state index in [0.29, 0.717) is 5.69 Å². The normalized spacial score (nSPS) is 14.9. The lowest BCUT2D eigenvalue weighted by Gasteiger charge is -2.27. The SMILES string of the molecule is Cc1cnnn1CC(=O)Nc1ccc(N2CCOCC2)nc1. The van der Waals surface area contributed by atoms with Gasteiger partial charge in [0.1, 0.15) is 12.4 Å². The third kappa shape index (κ3) is 3.40. The van der Waals surface area contributed by atoms with Gasteiger partial charge < -0.3 is 15.0 Å². The summed E-state index contributed by atoms with van der Waals surface area (Å²) < 4.78 is 6.86. The quantitative estimate of drug-likeness (QED) is 0.883. The van der Waals surface area contributed by atoms with Crippen molar-refractivity contribution in [2.24, 2.45) is 0 Å². The lowest BCUT2D eigenvalue weighted by molar-refractivity contribution is -0.117. The number of carbonyl (C=O) groups is 1. The third-order valence-corrected chi connectivity index (χ3v) is 3.47. The van der Waals surface area contributed by atoms with Gasteiger partial charge in [-0.2, -0.15) is 0 Å². The van der Waals surface area contributed by atoms with Crippen molar-refractivity contribution >= 4 is 17.4 Å². The molecule has 3 rings (SSSR count). The summed E-state index contributed by atoms with van der Waals surface area (Å²) in [6.07, 6.45) is 3.28. The fraction of sp³-hybridized carbons (Fsp3) is 0.429. The molecule has 1 saturated heterocycles. The van der Waals surface area contributed by atoms with Gasteiger partial charge in [0, 0.05) is 13.1 Å². The molecule has 8 nitrogen and oxygen atoms in total. The summed E-state index contributed by atoms with van der Waals surface area (Å²) in [7, 11) is 0. The monoisotopic (exact) mass is 302 g/mol. The minimum absolute atomic E-state index is 0.136. The summed E-state index contributed by atoms with van der Waals surface area (Å²) in [6.45, 7) is 5.10. The highest BCUT2D eigenvalue weighted by molar-refractivity contribution is 5.90. The Kier molecular flexibility index (Phi) is 4.29. The van der Waals surface area contributed by atoms with Crippen molar-refractivity contribution in [3.63, 3.8) is 0 Å². The first kappa shape index (κ1) is 14.5. The fourth-order valence-electron chi connectivity index (χ4n) is 2.24. The van der Waals surface area contributed by atoms with Crippen LogP contribution in [0.4, 0.5) is 11.5 Å². The number of rotatable bonds is 4. The second-order valence-corrected chi connectivity index (χ2v) is 5.09. The molecule has 3 heterocycles. The first-order valence-electron chi connectivity index (χ1n) is 7.16. The minimum Gasteiger partial charge on any atom is -0.378 e. The zero-order valence-electron chi connectivity index (χ0n) is 12.4. The molecule has 0 bridgehead atoms. The van der Waals surface area contributed by atoms with Crippen molar-refractivity contribution in [1.29, 1.82) is 0 Å². The molecule has 0 aromatic carbocycles. The molecule has 1 aliphatic heterocycles. The van der Waals surface area contributed by atoms with Crippen molar-refractivity contribution in [3.8, 4) is 0 Å². The van der Waals surface area contributed by atoms with E-state index in [-0.39, 0.29) is 12.5 Å². The Balaban J connectivity index is 1.58. The molecule has 2 aromatic rings. The summed E-state index contributed by atoms with van der Waals surface area (Å²) in [5.41, 5.74) is 1.51. The van der Waals surface area contributed by atoms with Gasteiger partial charge in [0.25, 0.3) is 0 Å². The highest BCUT2D eigenvalue weighted by Gasteiger charge is 2.12. The molecule has 0 aliphatic carbocycles. The maximum atomic E-state index is 12.0. The predicted octanol–water partition coefficient (Wildman–Crippen LogP) is 0.457. The number of hydrogen-bond donors (Lipinski definition) is 1. The van der Waals surface area contributed by atoms with Crippen LogP contribution < -0.4 is 10.2 Å². The van der Waals surface area contributed by atoms with Crippen molar-refractivity contribution in [2.45, 2.75) is 13.5 Å². The molecule has 1 N–H and O–H groups in total. The molecule has 0 spiro atoms. The van der Waals surface area contributed by atoms with Gasteiger partial charge in [-0.05, 0) is 19.1 Å². The summed E-state index contributed by atoms with van der Waals surface area (Å²) in [4.78, 5) is 18.5. The number of amides is 1. The molecule has 1 aliphatic rings. The van der Waals surface area contributed by atoms with Crippen molar-refractivity contribution in [1.82, 2.24) is 20.0 Å². The number of hydrogen-bond acceptors (Lipinski definition) is 6. The van der Waals surface area contributed by atoms with Gasteiger partial charge >= 0.3 is 0 Å². The molecule has 0 unspecified atom stereocenters. The predicted molar refractivity (Wildman–Crippen MR) is 80.7 cm³/mol. The van der Waals surface area contributed by atoms with Gasteiger partial charge in [0.2, 0.25) is 5.91 Å². The molecule has 0 saturated carbocycles. The number of ether oxygens (including phenoxy) is 1. The van der Waals surface area contributed by atoms with Gasteiger partial charge in [-0.3, -0.25) is 4.79 Å². The first-order chi connectivity index (χ1) is 10.7. The van der Waals surface area contributed by atoms with E-state index < -0.39 is 0 Å². The Morgan fingerprint density at radius 3 is 2.77 bits per heavy atom. The maximum absolute atomic E-state index is 12.0. The van der Waals surface area contributed by atoms with Gasteiger partial charge in [0.05, 0.1) is 37.0 Å². The molecule has 116 valence electrons. The van der Waals surface area contributed by atoms with Crippen LogP contribution in [0.1, 0.15) is 5.69 Å². The number of aryl methyl sites for hydroxylation is 1. The fourth-order valence-corrected chi connectivity index (χ4v) is 2.24. The summed E-state index contributed by atoms with van der Waals surface area (Å²) in [5.74, 6) is 0.739. The van der Waals surface area contributed by atoms with Gasteiger partial charge in [-0.1, -0.05) is 5.21 Å².